The van der Waals surface area contributed by atoms with Crippen molar-refractivity contribution in [2.45, 2.75) is 0 Å². The second-order valence-electron chi connectivity index (χ2n) is 4.12. The maximum Gasteiger partial charge on any atom is 0.265 e. The summed E-state index contributed by atoms with van der Waals surface area (Å²) in [6.45, 7) is 0. The zero-order valence-electron chi connectivity index (χ0n) is 10.4. The van der Waals surface area contributed by atoms with Gasteiger partial charge < -0.3 is 0 Å². The van der Waals surface area contributed by atoms with Crippen LogP contribution in [0.5, 0.6) is 0 Å². The standard InChI is InChI=1S/C13H11ClN2O2S/c1-15-11(17)10(12(18)16(2)13(15)19)7-8-4-3-5-9(14)6-8/h3-7H,1-2H3. The van der Waals surface area contributed by atoms with E-state index in [9.17, 15) is 9.59 Å². The Balaban J connectivity index is 2.45. The molecule has 98 valence electrons. The van der Waals surface area contributed by atoms with Crippen LogP contribution in [0.25, 0.3) is 6.08 Å². The highest BCUT2D eigenvalue weighted by Gasteiger charge is 2.35. The Hall–Kier alpha value is -1.72. The number of halogens is 1. The second kappa shape index (κ2) is 5.11. The smallest absolute Gasteiger partial charge is 0.265 e. The van der Waals surface area contributed by atoms with Gasteiger partial charge in [-0.05, 0) is 36.0 Å². The lowest BCUT2D eigenvalue weighted by Crippen LogP contribution is -2.52. The molecule has 1 fully saturated rings. The van der Waals surface area contributed by atoms with Gasteiger partial charge in [-0.1, -0.05) is 23.7 Å². The van der Waals surface area contributed by atoms with E-state index < -0.39 is 11.8 Å². The van der Waals surface area contributed by atoms with Crippen LogP contribution in [0, 0.1) is 0 Å². The first-order chi connectivity index (χ1) is 8.91. The summed E-state index contributed by atoms with van der Waals surface area (Å²) < 4.78 is 0. The van der Waals surface area contributed by atoms with E-state index in [1.54, 1.807) is 38.4 Å². The minimum absolute atomic E-state index is 0.0702. The summed E-state index contributed by atoms with van der Waals surface area (Å²) in [5.74, 6) is -0.818. The molecule has 0 unspecified atom stereocenters. The number of thiocarbonyl (C=S) groups is 1. The Morgan fingerprint density at radius 3 is 2.26 bits per heavy atom. The van der Waals surface area contributed by atoms with Crippen LogP contribution in [-0.4, -0.2) is 40.8 Å². The summed E-state index contributed by atoms with van der Waals surface area (Å²) in [5, 5.41) is 0.737. The molecule has 0 saturated carbocycles. The molecule has 4 nitrogen and oxygen atoms in total. The van der Waals surface area contributed by atoms with Crippen molar-refractivity contribution in [2.75, 3.05) is 14.1 Å². The number of benzene rings is 1. The van der Waals surface area contributed by atoms with E-state index in [4.69, 9.17) is 23.8 Å². The Labute approximate surface area is 121 Å². The number of hydrogen-bond donors (Lipinski definition) is 0. The molecule has 2 amide bonds. The summed E-state index contributed by atoms with van der Waals surface area (Å²) in [7, 11) is 3.08. The third-order valence-electron chi connectivity index (χ3n) is 2.80. The molecule has 1 aliphatic heterocycles. The predicted molar refractivity (Wildman–Crippen MR) is 77.6 cm³/mol. The zero-order chi connectivity index (χ0) is 14.2. The maximum atomic E-state index is 12.1. The Morgan fingerprint density at radius 2 is 1.74 bits per heavy atom. The fourth-order valence-corrected chi connectivity index (χ4v) is 2.10. The lowest BCUT2D eigenvalue weighted by molar-refractivity contribution is -0.132. The number of amides is 2. The van der Waals surface area contributed by atoms with Crippen molar-refractivity contribution in [3.63, 3.8) is 0 Å². The quantitative estimate of drug-likeness (QED) is 0.451. The average molecular weight is 295 g/mol. The van der Waals surface area contributed by atoms with Crippen molar-refractivity contribution >= 4 is 46.8 Å². The van der Waals surface area contributed by atoms with Gasteiger partial charge >= 0.3 is 0 Å². The molecule has 0 aliphatic carbocycles. The molecule has 0 radical (unpaired) electrons. The number of nitrogens with zero attached hydrogens (tertiary/aromatic N) is 2. The largest absolute Gasteiger partial charge is 0.288 e. The molecule has 1 aliphatic rings. The van der Waals surface area contributed by atoms with Gasteiger partial charge in [0, 0.05) is 19.1 Å². The van der Waals surface area contributed by atoms with E-state index >= 15 is 0 Å². The van der Waals surface area contributed by atoms with Gasteiger partial charge in [-0.25, -0.2) is 0 Å². The van der Waals surface area contributed by atoms with E-state index in [0.717, 1.165) is 0 Å². The number of carbonyl (C=O) groups excluding carboxylic acids is 2. The van der Waals surface area contributed by atoms with Gasteiger partial charge in [0.05, 0.1) is 0 Å². The molecule has 1 aromatic carbocycles. The van der Waals surface area contributed by atoms with E-state index in [1.165, 1.54) is 15.9 Å². The first-order valence-corrected chi connectivity index (χ1v) is 6.28. The zero-order valence-corrected chi connectivity index (χ0v) is 12.0. The number of hydrogen-bond acceptors (Lipinski definition) is 3. The van der Waals surface area contributed by atoms with Crippen molar-refractivity contribution < 1.29 is 9.59 Å². The average Bonchev–Trinajstić information content (AvgIpc) is 2.39. The van der Waals surface area contributed by atoms with E-state index in [1.807, 2.05) is 0 Å². The summed E-state index contributed by atoms with van der Waals surface area (Å²) in [5.41, 5.74) is 0.764. The van der Waals surface area contributed by atoms with Crippen LogP contribution in [0.15, 0.2) is 29.8 Å². The minimum Gasteiger partial charge on any atom is -0.288 e. The lowest BCUT2D eigenvalue weighted by atomic mass is 10.1. The molecular weight excluding hydrogens is 284 g/mol. The van der Waals surface area contributed by atoms with Gasteiger partial charge in [0.25, 0.3) is 11.8 Å². The molecule has 0 atom stereocenters. The van der Waals surface area contributed by atoms with Gasteiger partial charge in [0.15, 0.2) is 5.11 Å². The van der Waals surface area contributed by atoms with Crippen molar-refractivity contribution in [1.82, 2.24) is 9.80 Å². The molecule has 0 aromatic heterocycles. The SMILES string of the molecule is CN1C(=O)C(=Cc2cccc(Cl)c2)C(=O)N(C)C1=S. The van der Waals surface area contributed by atoms with Crippen molar-refractivity contribution in [1.29, 1.82) is 0 Å². The van der Waals surface area contributed by atoms with Crippen LogP contribution >= 0.6 is 23.8 Å². The fraction of sp³-hybridized carbons (Fsp3) is 0.154. The van der Waals surface area contributed by atoms with Crippen molar-refractivity contribution in [3.05, 3.63) is 40.4 Å². The van der Waals surface area contributed by atoms with Crippen LogP contribution in [0.1, 0.15) is 5.56 Å². The third-order valence-corrected chi connectivity index (χ3v) is 3.59. The number of rotatable bonds is 1. The molecule has 0 N–H and O–H groups in total. The number of carbonyl (C=O) groups is 2. The predicted octanol–water partition coefficient (Wildman–Crippen LogP) is 1.94. The van der Waals surface area contributed by atoms with E-state index in [-0.39, 0.29) is 10.7 Å². The summed E-state index contributed by atoms with van der Waals surface area (Å²) in [6.07, 6.45) is 1.52. The van der Waals surface area contributed by atoms with Gasteiger partial charge in [-0.3, -0.25) is 19.4 Å². The minimum atomic E-state index is -0.409. The molecule has 19 heavy (non-hydrogen) atoms. The number of likely N-dealkylation sites (N-methyl/N-ethyl adjacent to an activating group) is 2. The first kappa shape index (κ1) is 13.7. The van der Waals surface area contributed by atoms with Crippen LogP contribution in [0.2, 0.25) is 5.02 Å². The normalized spacial score (nSPS) is 16.2. The highest BCUT2D eigenvalue weighted by molar-refractivity contribution is 7.80. The summed E-state index contributed by atoms with van der Waals surface area (Å²) in [4.78, 5) is 26.7. The van der Waals surface area contributed by atoms with E-state index in [0.29, 0.717) is 10.6 Å². The monoisotopic (exact) mass is 294 g/mol. The van der Waals surface area contributed by atoms with Crippen molar-refractivity contribution in [3.8, 4) is 0 Å². The lowest BCUT2D eigenvalue weighted by Gasteiger charge is -2.31. The van der Waals surface area contributed by atoms with Crippen LogP contribution in [0.4, 0.5) is 0 Å². The summed E-state index contributed by atoms with van der Waals surface area (Å²) in [6, 6.07) is 6.93. The fourth-order valence-electron chi connectivity index (χ4n) is 1.74. The molecule has 6 heteroatoms. The highest BCUT2D eigenvalue weighted by atomic mass is 35.5. The Morgan fingerprint density at radius 1 is 1.16 bits per heavy atom. The molecule has 1 aromatic rings. The van der Waals surface area contributed by atoms with Crippen LogP contribution in [0.3, 0.4) is 0 Å². The first-order valence-electron chi connectivity index (χ1n) is 5.49. The second-order valence-corrected chi connectivity index (χ2v) is 4.93. The Bertz CT molecular complexity index is 586. The van der Waals surface area contributed by atoms with Crippen molar-refractivity contribution in [2.24, 2.45) is 0 Å². The van der Waals surface area contributed by atoms with Gasteiger partial charge in [0.1, 0.15) is 5.57 Å². The maximum absolute atomic E-state index is 12.1. The topological polar surface area (TPSA) is 40.6 Å². The molecule has 1 saturated heterocycles. The molecule has 0 bridgehead atoms. The van der Waals surface area contributed by atoms with E-state index in [2.05, 4.69) is 0 Å². The highest BCUT2D eigenvalue weighted by Crippen LogP contribution is 2.19. The van der Waals surface area contributed by atoms with Crippen LogP contribution in [-0.2, 0) is 9.59 Å². The van der Waals surface area contributed by atoms with Crippen LogP contribution < -0.4 is 0 Å². The van der Waals surface area contributed by atoms with Gasteiger partial charge in [-0.15, -0.1) is 0 Å². The third kappa shape index (κ3) is 2.52. The summed E-state index contributed by atoms with van der Waals surface area (Å²) >= 11 is 10.9. The Kier molecular flexibility index (Phi) is 3.68. The molecule has 1 heterocycles. The molecule has 2 rings (SSSR count). The molecule has 0 spiro atoms. The molecular formula is C13H11ClN2O2S. The van der Waals surface area contributed by atoms with Gasteiger partial charge in [0.2, 0.25) is 0 Å². The van der Waals surface area contributed by atoms with Gasteiger partial charge in [-0.2, -0.15) is 0 Å².